The van der Waals surface area contributed by atoms with E-state index in [-0.39, 0.29) is 11.6 Å². The van der Waals surface area contributed by atoms with Gasteiger partial charge in [-0.25, -0.2) is 0 Å². The van der Waals surface area contributed by atoms with Crippen molar-refractivity contribution in [3.8, 4) is 0 Å². The van der Waals surface area contributed by atoms with E-state index in [0.29, 0.717) is 0 Å². The number of carbonyl (C=O) groups is 2. The summed E-state index contributed by atoms with van der Waals surface area (Å²) in [5, 5.41) is 16.3. The minimum absolute atomic E-state index is 0.0291. The van der Waals surface area contributed by atoms with E-state index < -0.39 is 0 Å². The van der Waals surface area contributed by atoms with Gasteiger partial charge in [-0.3, -0.25) is 9.59 Å². The van der Waals surface area contributed by atoms with Gasteiger partial charge in [0.05, 0.1) is 22.8 Å². The van der Waals surface area contributed by atoms with Crippen LogP contribution in [0.1, 0.15) is 22.3 Å². The number of hydrogen-bond donors (Lipinski definition) is 4. The predicted octanol–water partition coefficient (Wildman–Crippen LogP) is 7.44. The molecule has 4 aromatic carbocycles. The second-order valence-electron chi connectivity index (χ2n) is 12.1. The van der Waals surface area contributed by atoms with Gasteiger partial charge in [-0.15, -0.1) is 0 Å². The topological polar surface area (TPSA) is 95.4 Å². The van der Waals surface area contributed by atoms with Crippen molar-refractivity contribution in [1.29, 1.82) is 0 Å². The fourth-order valence-electron chi connectivity index (χ4n) is 6.51. The molecular weight excluding hydrogens is 608 g/mol. The third-order valence-corrected chi connectivity index (χ3v) is 8.96. The van der Waals surface area contributed by atoms with E-state index in [1.165, 1.54) is 0 Å². The first-order valence-electron chi connectivity index (χ1n) is 16.0. The summed E-state index contributed by atoms with van der Waals surface area (Å²) >= 11 is 0. The average molecular weight is 637 g/mol. The Labute approximate surface area is 281 Å². The van der Waals surface area contributed by atoms with Gasteiger partial charge in [0.1, 0.15) is 22.8 Å². The van der Waals surface area contributed by atoms with Crippen LogP contribution in [0.2, 0.25) is 0 Å². The zero-order valence-corrected chi connectivity index (χ0v) is 26.1. The summed E-state index contributed by atoms with van der Waals surface area (Å²) in [5.74, 6) is 1.56. The normalized spacial score (nSPS) is 17.1. The third kappa shape index (κ3) is 5.10. The number of allylic oxidation sites excluding steroid dienone is 10. The molecule has 0 atom stereocenters. The highest BCUT2D eigenvalue weighted by molar-refractivity contribution is 6.08. The molecule has 0 fully saturated rings. The molecule has 0 amide bonds. The third-order valence-electron chi connectivity index (χ3n) is 8.96. The maximum Gasteiger partial charge on any atom is 0.178 e. The molecule has 2 aliphatic carbocycles. The second-order valence-corrected chi connectivity index (χ2v) is 12.1. The van der Waals surface area contributed by atoms with Gasteiger partial charge in [0, 0.05) is 44.2 Å². The van der Waals surface area contributed by atoms with Gasteiger partial charge in [-0.2, -0.15) is 0 Å². The lowest BCUT2D eigenvalue weighted by Gasteiger charge is -2.09. The Morgan fingerprint density at radius 3 is 1.14 bits per heavy atom. The molecule has 7 nitrogen and oxygen atoms in total. The molecule has 234 valence electrons. The van der Waals surface area contributed by atoms with Gasteiger partial charge < -0.3 is 25.7 Å². The predicted molar refractivity (Wildman–Crippen MR) is 193 cm³/mol. The highest BCUT2D eigenvalue weighted by atomic mass is 16.3. The summed E-state index contributed by atoms with van der Waals surface area (Å²) in [5.41, 5.74) is 11.1. The van der Waals surface area contributed by atoms with Gasteiger partial charge in [-0.1, -0.05) is 72.8 Å². The molecule has 1 aromatic heterocycles. The SMILES string of the molecule is O=C1C=CC(=C2NC(c3ccccc3)=C(c3ccc4c(c3)oc3cc(C5=C(c6ccccc6)NC(=C6C=CC(=O)C=C6)N5)ccc34)N2)C=C1. The van der Waals surface area contributed by atoms with E-state index in [2.05, 4.69) is 81.9 Å². The molecule has 5 aromatic rings. The van der Waals surface area contributed by atoms with Gasteiger partial charge in [-0.05, 0) is 72.9 Å². The molecule has 0 unspecified atom stereocenters. The minimum atomic E-state index is -0.0291. The largest absolute Gasteiger partial charge is 0.456 e. The van der Waals surface area contributed by atoms with E-state index in [1.54, 1.807) is 24.3 Å². The van der Waals surface area contributed by atoms with Crippen LogP contribution in [0.4, 0.5) is 0 Å². The van der Waals surface area contributed by atoms with Gasteiger partial charge in [0.25, 0.3) is 0 Å². The molecule has 9 rings (SSSR count). The van der Waals surface area contributed by atoms with E-state index in [9.17, 15) is 9.59 Å². The molecule has 0 spiro atoms. The number of nitrogens with one attached hydrogen (secondary N) is 4. The smallest absolute Gasteiger partial charge is 0.178 e. The highest BCUT2D eigenvalue weighted by Gasteiger charge is 2.25. The van der Waals surface area contributed by atoms with Gasteiger partial charge in [0.2, 0.25) is 0 Å². The molecule has 0 saturated carbocycles. The molecule has 4 N–H and O–H groups in total. The van der Waals surface area contributed by atoms with Crippen LogP contribution in [0.5, 0.6) is 0 Å². The van der Waals surface area contributed by atoms with Crippen LogP contribution in [0, 0.1) is 0 Å². The number of benzene rings is 4. The van der Waals surface area contributed by atoms with Crippen LogP contribution < -0.4 is 21.3 Å². The van der Waals surface area contributed by atoms with Gasteiger partial charge >= 0.3 is 0 Å². The van der Waals surface area contributed by atoms with E-state index in [0.717, 1.165) is 89.8 Å². The summed E-state index contributed by atoms with van der Waals surface area (Å²) in [6.45, 7) is 0. The summed E-state index contributed by atoms with van der Waals surface area (Å²) < 4.78 is 6.56. The minimum Gasteiger partial charge on any atom is -0.456 e. The first-order chi connectivity index (χ1) is 24.1. The van der Waals surface area contributed by atoms with Crippen molar-refractivity contribution >= 4 is 56.3 Å². The first-order valence-corrected chi connectivity index (χ1v) is 16.0. The van der Waals surface area contributed by atoms with Crippen LogP contribution >= 0.6 is 0 Å². The van der Waals surface area contributed by atoms with Crippen LogP contribution in [0.15, 0.2) is 173 Å². The molecule has 2 aliphatic heterocycles. The highest BCUT2D eigenvalue weighted by Crippen LogP contribution is 2.37. The Balaban J connectivity index is 1.12. The van der Waals surface area contributed by atoms with Crippen LogP contribution in [-0.4, -0.2) is 11.6 Å². The Morgan fingerprint density at radius 2 is 0.755 bits per heavy atom. The van der Waals surface area contributed by atoms with Crippen molar-refractivity contribution in [3.63, 3.8) is 0 Å². The van der Waals surface area contributed by atoms with Crippen molar-refractivity contribution in [2.75, 3.05) is 0 Å². The number of rotatable bonds is 4. The van der Waals surface area contributed by atoms with Crippen LogP contribution in [-0.2, 0) is 9.59 Å². The zero-order chi connectivity index (χ0) is 32.9. The Kier molecular flexibility index (Phi) is 6.62. The lowest BCUT2D eigenvalue weighted by atomic mass is 10.0. The lowest BCUT2D eigenvalue weighted by Crippen LogP contribution is -2.16. The summed E-state index contributed by atoms with van der Waals surface area (Å²) in [7, 11) is 0. The Hall–Kier alpha value is -6.86. The van der Waals surface area contributed by atoms with Crippen molar-refractivity contribution in [3.05, 3.63) is 191 Å². The quantitative estimate of drug-likeness (QED) is 0.163. The van der Waals surface area contributed by atoms with E-state index in [1.807, 2.05) is 60.7 Å². The number of furan rings is 1. The fraction of sp³-hybridized carbons (Fsp3) is 0. The van der Waals surface area contributed by atoms with Crippen molar-refractivity contribution in [1.82, 2.24) is 21.3 Å². The van der Waals surface area contributed by atoms with E-state index >= 15 is 0 Å². The standard InChI is InChI=1S/C42H28N4O3/c47-31-17-11-27(12-18-31)41-43-37(25-7-3-1-4-8-25)39(45-41)29-15-21-33-34-22-16-30(24-36(34)49-35(33)23-29)40-38(26-9-5-2-6-10-26)44-42(46-40)28-13-19-32(48)20-14-28/h1-24,43-46H. The summed E-state index contributed by atoms with van der Waals surface area (Å²) in [6.07, 6.45) is 13.6. The Bertz CT molecular complexity index is 2290. The molecule has 0 radical (unpaired) electrons. The van der Waals surface area contributed by atoms with Crippen molar-refractivity contribution in [2.24, 2.45) is 0 Å². The number of ketones is 2. The first kappa shape index (κ1) is 28.4. The molecule has 7 heteroatoms. The van der Waals surface area contributed by atoms with Crippen LogP contribution in [0.25, 0.3) is 44.7 Å². The average Bonchev–Trinajstić information content (AvgIpc) is 3.88. The molecule has 49 heavy (non-hydrogen) atoms. The monoisotopic (exact) mass is 636 g/mol. The van der Waals surface area contributed by atoms with Crippen LogP contribution in [0.3, 0.4) is 0 Å². The number of fused-ring (bicyclic) bond motifs is 3. The molecule has 0 bridgehead atoms. The maximum absolute atomic E-state index is 11.8. The van der Waals surface area contributed by atoms with Crippen molar-refractivity contribution in [2.45, 2.75) is 0 Å². The summed E-state index contributed by atoms with van der Waals surface area (Å²) in [4.78, 5) is 23.6. The Morgan fingerprint density at radius 1 is 0.388 bits per heavy atom. The zero-order valence-electron chi connectivity index (χ0n) is 26.1. The maximum atomic E-state index is 11.8. The van der Waals surface area contributed by atoms with Gasteiger partial charge in [0.15, 0.2) is 11.6 Å². The van der Waals surface area contributed by atoms with Crippen molar-refractivity contribution < 1.29 is 14.0 Å². The summed E-state index contributed by atoms with van der Waals surface area (Å²) in [6, 6.07) is 32.9. The fourth-order valence-corrected chi connectivity index (χ4v) is 6.51. The molecule has 4 aliphatic rings. The molecular formula is C42H28N4O3. The number of carbonyl (C=O) groups excluding carboxylic acids is 2. The number of hydrogen-bond acceptors (Lipinski definition) is 7. The molecule has 3 heterocycles. The molecule has 0 saturated heterocycles. The lowest BCUT2D eigenvalue weighted by molar-refractivity contribution is -0.111. The van der Waals surface area contributed by atoms with E-state index in [4.69, 9.17) is 4.42 Å². The second kappa shape index (κ2) is 11.4.